The third-order valence-corrected chi connectivity index (χ3v) is 2.02. The van der Waals surface area contributed by atoms with Crippen molar-refractivity contribution in [3.63, 3.8) is 0 Å². The first-order valence-corrected chi connectivity index (χ1v) is 4.67. The summed E-state index contributed by atoms with van der Waals surface area (Å²) in [5.74, 6) is -3.71. The van der Waals surface area contributed by atoms with Gasteiger partial charge in [0.25, 0.3) is 0 Å². The minimum Gasteiger partial charge on any atom is -0.489 e. The molecule has 0 aliphatic heterocycles. The van der Waals surface area contributed by atoms with Crippen molar-refractivity contribution in [3.05, 3.63) is 29.6 Å². The molecule has 1 rings (SSSR count). The lowest BCUT2D eigenvalue weighted by molar-refractivity contribution is -0.165. The van der Waals surface area contributed by atoms with E-state index >= 15 is 0 Å². The molecule has 94 valence electrons. The number of rotatable bonds is 3. The first-order valence-electron chi connectivity index (χ1n) is 4.67. The second-order valence-corrected chi connectivity index (χ2v) is 3.29. The lowest BCUT2D eigenvalue weighted by Gasteiger charge is -2.14. The highest BCUT2D eigenvalue weighted by Gasteiger charge is 2.40. The standard InChI is InChI=1S/C11H6F4N2O/c12-9-3-7(4-16)1-2-10(9)18-6-8(5-17)11(13,14)15/h1-3,8H,6H2. The van der Waals surface area contributed by atoms with Gasteiger partial charge in [0, 0.05) is 0 Å². The van der Waals surface area contributed by atoms with Crippen LogP contribution in [-0.2, 0) is 0 Å². The Labute approximate surface area is 99.8 Å². The molecule has 0 aliphatic carbocycles. The molecule has 1 atom stereocenters. The van der Waals surface area contributed by atoms with Gasteiger partial charge in [0.15, 0.2) is 17.5 Å². The van der Waals surface area contributed by atoms with Crippen molar-refractivity contribution in [1.29, 1.82) is 10.5 Å². The Hall–Kier alpha value is -2.28. The molecule has 0 amide bonds. The van der Waals surface area contributed by atoms with E-state index in [-0.39, 0.29) is 5.56 Å². The van der Waals surface area contributed by atoms with Gasteiger partial charge in [-0.05, 0) is 18.2 Å². The number of ether oxygens (including phenoxy) is 1. The van der Waals surface area contributed by atoms with Gasteiger partial charge in [0.1, 0.15) is 6.61 Å². The molecule has 18 heavy (non-hydrogen) atoms. The molecule has 0 heterocycles. The van der Waals surface area contributed by atoms with E-state index in [4.69, 9.17) is 10.5 Å². The Morgan fingerprint density at radius 2 is 1.94 bits per heavy atom. The van der Waals surface area contributed by atoms with Crippen molar-refractivity contribution >= 4 is 0 Å². The quantitative estimate of drug-likeness (QED) is 0.783. The fraction of sp³-hybridized carbons (Fsp3) is 0.273. The zero-order valence-corrected chi connectivity index (χ0v) is 8.83. The molecule has 1 aromatic rings. The molecule has 0 bridgehead atoms. The summed E-state index contributed by atoms with van der Waals surface area (Å²) in [6, 6.07) is 5.78. The average molecular weight is 258 g/mol. The van der Waals surface area contributed by atoms with E-state index in [1.807, 2.05) is 0 Å². The molecule has 3 nitrogen and oxygen atoms in total. The lowest BCUT2D eigenvalue weighted by Crippen LogP contribution is -2.27. The SMILES string of the molecule is N#Cc1ccc(OCC(C#N)C(F)(F)F)c(F)c1. The van der Waals surface area contributed by atoms with Crippen molar-refractivity contribution in [2.75, 3.05) is 6.61 Å². The third kappa shape index (κ3) is 3.36. The van der Waals surface area contributed by atoms with Crippen LogP contribution in [0.25, 0.3) is 0 Å². The summed E-state index contributed by atoms with van der Waals surface area (Å²) in [4.78, 5) is 0. The van der Waals surface area contributed by atoms with Crippen LogP contribution < -0.4 is 4.74 Å². The molecule has 7 heteroatoms. The van der Waals surface area contributed by atoms with Gasteiger partial charge in [0.05, 0.1) is 17.7 Å². The first-order chi connectivity index (χ1) is 8.38. The Balaban J connectivity index is 2.76. The van der Waals surface area contributed by atoms with Crippen LogP contribution in [0.15, 0.2) is 18.2 Å². The largest absolute Gasteiger partial charge is 0.489 e. The van der Waals surface area contributed by atoms with Crippen molar-refractivity contribution in [2.45, 2.75) is 6.18 Å². The monoisotopic (exact) mass is 258 g/mol. The summed E-state index contributed by atoms with van der Waals surface area (Å²) in [5, 5.41) is 16.8. The predicted molar refractivity (Wildman–Crippen MR) is 51.8 cm³/mol. The molecule has 0 aliphatic rings. The molecule has 0 fully saturated rings. The van der Waals surface area contributed by atoms with Crippen molar-refractivity contribution in [2.24, 2.45) is 5.92 Å². The lowest BCUT2D eigenvalue weighted by atomic mass is 10.2. The van der Waals surface area contributed by atoms with Gasteiger partial charge in [-0.15, -0.1) is 0 Å². The Kier molecular flexibility index (Phi) is 4.11. The van der Waals surface area contributed by atoms with E-state index in [0.29, 0.717) is 0 Å². The van der Waals surface area contributed by atoms with E-state index < -0.39 is 30.3 Å². The maximum Gasteiger partial charge on any atom is 0.407 e. The molecule has 0 saturated carbocycles. The molecule has 1 unspecified atom stereocenters. The number of halogens is 4. The Morgan fingerprint density at radius 3 is 2.39 bits per heavy atom. The maximum absolute atomic E-state index is 13.2. The van der Waals surface area contributed by atoms with Crippen molar-refractivity contribution < 1.29 is 22.3 Å². The van der Waals surface area contributed by atoms with Crippen molar-refractivity contribution in [1.82, 2.24) is 0 Å². The predicted octanol–water partition coefficient (Wildman–Crippen LogP) is 2.78. The third-order valence-electron chi connectivity index (χ3n) is 2.02. The van der Waals surface area contributed by atoms with Crippen LogP contribution in [0.1, 0.15) is 5.56 Å². The second-order valence-electron chi connectivity index (χ2n) is 3.29. The minimum atomic E-state index is -4.72. The Bertz CT molecular complexity index is 513. The maximum atomic E-state index is 13.2. The topological polar surface area (TPSA) is 56.8 Å². The van der Waals surface area contributed by atoms with E-state index in [0.717, 1.165) is 18.2 Å². The van der Waals surface area contributed by atoms with Crippen LogP contribution >= 0.6 is 0 Å². The van der Waals surface area contributed by atoms with Crippen LogP contribution in [0.2, 0.25) is 0 Å². The van der Waals surface area contributed by atoms with Crippen LogP contribution in [0.5, 0.6) is 5.75 Å². The zero-order valence-electron chi connectivity index (χ0n) is 8.83. The molecule has 0 saturated heterocycles. The van der Waals surface area contributed by atoms with Gasteiger partial charge < -0.3 is 4.74 Å². The van der Waals surface area contributed by atoms with E-state index in [9.17, 15) is 17.6 Å². The van der Waals surface area contributed by atoms with Gasteiger partial charge in [-0.3, -0.25) is 0 Å². The zero-order chi connectivity index (χ0) is 13.8. The second kappa shape index (κ2) is 5.37. The molecule has 0 aromatic heterocycles. The summed E-state index contributed by atoms with van der Waals surface area (Å²) in [6.07, 6.45) is -4.72. The molecular formula is C11H6F4N2O. The van der Waals surface area contributed by atoms with Gasteiger partial charge in [-0.25, -0.2) is 4.39 Å². The molecule has 0 spiro atoms. The summed E-state index contributed by atoms with van der Waals surface area (Å²) in [6.45, 7) is -0.997. The number of hydrogen-bond acceptors (Lipinski definition) is 3. The van der Waals surface area contributed by atoms with Gasteiger partial charge in [-0.1, -0.05) is 0 Å². The average Bonchev–Trinajstić information content (AvgIpc) is 2.29. The number of nitrogens with zero attached hydrogens (tertiary/aromatic N) is 2. The fourth-order valence-electron chi connectivity index (χ4n) is 1.07. The summed E-state index contributed by atoms with van der Waals surface area (Å²) in [5.41, 5.74) is 0.0208. The van der Waals surface area contributed by atoms with Gasteiger partial charge >= 0.3 is 6.18 Å². The summed E-state index contributed by atoms with van der Waals surface area (Å²) < 4.78 is 54.4. The van der Waals surface area contributed by atoms with Gasteiger partial charge in [0.2, 0.25) is 0 Å². The van der Waals surface area contributed by atoms with Gasteiger partial charge in [-0.2, -0.15) is 23.7 Å². The molecule has 0 N–H and O–H groups in total. The summed E-state index contributed by atoms with van der Waals surface area (Å²) >= 11 is 0. The van der Waals surface area contributed by atoms with E-state index in [1.165, 1.54) is 6.07 Å². The summed E-state index contributed by atoms with van der Waals surface area (Å²) in [7, 11) is 0. The van der Waals surface area contributed by atoms with Crippen molar-refractivity contribution in [3.8, 4) is 17.9 Å². The first kappa shape index (κ1) is 13.8. The number of benzene rings is 1. The molecule has 0 radical (unpaired) electrons. The van der Waals surface area contributed by atoms with E-state index in [1.54, 1.807) is 6.07 Å². The highest BCUT2D eigenvalue weighted by molar-refractivity contribution is 5.36. The van der Waals surface area contributed by atoms with Crippen LogP contribution in [0, 0.1) is 34.4 Å². The molecular weight excluding hydrogens is 252 g/mol. The van der Waals surface area contributed by atoms with Crippen LogP contribution in [-0.4, -0.2) is 12.8 Å². The normalized spacial score (nSPS) is 12.3. The number of hydrogen-bond donors (Lipinski definition) is 0. The smallest absolute Gasteiger partial charge is 0.407 e. The highest BCUT2D eigenvalue weighted by Crippen LogP contribution is 2.27. The fourth-order valence-corrected chi connectivity index (χ4v) is 1.07. The number of alkyl halides is 3. The van der Waals surface area contributed by atoms with Crippen LogP contribution in [0.3, 0.4) is 0 Å². The highest BCUT2D eigenvalue weighted by atomic mass is 19.4. The Morgan fingerprint density at radius 1 is 1.28 bits per heavy atom. The van der Waals surface area contributed by atoms with E-state index in [2.05, 4.69) is 4.74 Å². The molecule has 1 aromatic carbocycles. The van der Waals surface area contributed by atoms with Crippen LogP contribution in [0.4, 0.5) is 17.6 Å². The minimum absolute atomic E-state index is 0.0208. The number of nitriles is 2.